The van der Waals surface area contributed by atoms with Crippen molar-refractivity contribution in [3.63, 3.8) is 0 Å². The molecule has 6 aromatic heterocycles. The first-order valence-corrected chi connectivity index (χ1v) is 40.2. The number of carbonyl (C=O) groups is 2. The van der Waals surface area contributed by atoms with Gasteiger partial charge in [0.05, 0.1) is 40.7 Å². The summed E-state index contributed by atoms with van der Waals surface area (Å²) < 4.78 is 11.3. The van der Waals surface area contributed by atoms with E-state index in [1.54, 1.807) is 67.9 Å². The third-order valence-corrected chi connectivity index (χ3v) is 21.1. The van der Waals surface area contributed by atoms with Crippen molar-refractivity contribution in [2.24, 2.45) is 42.3 Å². The molecule has 18 rings (SSSR count). The number of halogens is 4. The van der Waals surface area contributed by atoms with Crippen LogP contribution in [0.25, 0.3) is 68.3 Å². The van der Waals surface area contributed by atoms with Crippen molar-refractivity contribution in [1.29, 1.82) is 0 Å². The fourth-order valence-electron chi connectivity index (χ4n) is 12.1. The van der Waals surface area contributed by atoms with Crippen LogP contribution >= 0.6 is 63.7 Å². The number of nitro groups is 6. The number of non-ortho nitro benzene ring substituents is 6. The molecule has 6 heterocycles. The van der Waals surface area contributed by atoms with Crippen LogP contribution in [0.15, 0.2) is 163 Å². The van der Waals surface area contributed by atoms with Gasteiger partial charge in [-0.3, -0.25) is 60.7 Å². The summed E-state index contributed by atoms with van der Waals surface area (Å²) in [6.07, 6.45) is 9.46. The zero-order valence-corrected chi connectivity index (χ0v) is 72.9. The van der Waals surface area contributed by atoms with Crippen molar-refractivity contribution < 1.29 is 49.3 Å². The Balaban J connectivity index is 0.000000140. The molecule has 0 amide bonds. The minimum atomic E-state index is -1.20. The average Bonchev–Trinajstić information content (AvgIpc) is 1.67. The molecule has 4 aliphatic rings. The molecule has 48 nitrogen and oxygen atoms in total. The molecular weight excluding hydrogens is 1910 g/mol. The summed E-state index contributed by atoms with van der Waals surface area (Å²) in [5, 5.41) is 148. The Kier molecular flexibility index (Phi) is 29.7. The number of rotatable bonds is 18. The number of carboxylic acids is 2. The minimum Gasteiger partial charge on any atom is -0.478 e. The van der Waals surface area contributed by atoms with E-state index in [1.807, 2.05) is 50.5 Å². The summed E-state index contributed by atoms with van der Waals surface area (Å²) >= 11 is 12.5. The van der Waals surface area contributed by atoms with E-state index in [0.29, 0.717) is 81.6 Å². The number of aryl methyl sites for hydroxylation is 6. The first-order chi connectivity index (χ1) is 60.0. The predicted molar refractivity (Wildman–Crippen MR) is 460 cm³/mol. The molecule has 14 aromatic rings. The number of hydrogen-bond acceptors (Lipinski definition) is 34. The summed E-state index contributed by atoms with van der Waals surface area (Å²) in [5.74, 6) is 3.49. The fourth-order valence-corrected chi connectivity index (χ4v) is 13.9. The second-order valence-electron chi connectivity index (χ2n) is 28.1. The number of anilines is 2. The van der Waals surface area contributed by atoms with E-state index in [9.17, 15) is 70.3 Å². The van der Waals surface area contributed by atoms with Gasteiger partial charge in [0.15, 0.2) is 34.9 Å². The topological polar surface area (TPSA) is 647 Å². The Morgan fingerprint density at radius 1 is 0.333 bits per heavy atom. The maximum atomic E-state index is 10.9. The number of nitrogens with two attached hydrogens (primary N) is 2. The molecule has 8 aromatic carbocycles. The number of benzene rings is 8. The number of nitrogen functional groups attached to an aromatic ring is 2. The Hall–Kier alpha value is -15.0. The van der Waals surface area contributed by atoms with E-state index in [2.05, 4.69) is 169 Å². The van der Waals surface area contributed by atoms with Gasteiger partial charge in [-0.25, -0.2) is 37.7 Å². The molecule has 0 unspecified atom stereocenters. The van der Waals surface area contributed by atoms with Crippen LogP contribution in [-0.4, -0.2) is 173 Å². The molecule has 648 valence electrons. The zero-order chi connectivity index (χ0) is 91.1. The van der Waals surface area contributed by atoms with Crippen molar-refractivity contribution in [2.75, 3.05) is 11.5 Å². The molecule has 0 aliphatic heterocycles. The zero-order valence-electron chi connectivity index (χ0n) is 66.5. The second-order valence-corrected chi connectivity index (χ2v) is 31.6. The van der Waals surface area contributed by atoms with Crippen molar-refractivity contribution >= 4 is 121 Å². The lowest BCUT2D eigenvalue weighted by atomic mass is 10.0. The Bertz CT molecular complexity index is 6410. The highest BCUT2D eigenvalue weighted by Gasteiger charge is 2.32. The van der Waals surface area contributed by atoms with E-state index < -0.39 is 36.6 Å². The Morgan fingerprint density at radius 3 is 1.06 bits per heavy atom. The summed E-state index contributed by atoms with van der Waals surface area (Å²) in [6.45, 7) is 0. The molecule has 0 saturated heterocycles. The van der Waals surface area contributed by atoms with Gasteiger partial charge >= 0.3 is 11.9 Å². The lowest BCUT2D eigenvalue weighted by Crippen LogP contribution is -1.99. The highest BCUT2D eigenvalue weighted by molar-refractivity contribution is 9.11. The van der Waals surface area contributed by atoms with Crippen LogP contribution < -0.4 is 11.5 Å². The van der Waals surface area contributed by atoms with E-state index in [1.165, 1.54) is 110 Å². The molecule has 6 N–H and O–H groups in total. The second kappa shape index (κ2) is 40.8. The number of tetrazole rings is 6. The summed E-state index contributed by atoms with van der Waals surface area (Å²) in [4.78, 5) is 81.8. The van der Waals surface area contributed by atoms with Crippen LogP contribution in [0.1, 0.15) is 118 Å². The van der Waals surface area contributed by atoms with Gasteiger partial charge in [0, 0.05) is 178 Å². The summed E-state index contributed by atoms with van der Waals surface area (Å²) in [5.41, 5.74) is 22.1. The first-order valence-electron chi connectivity index (χ1n) is 37.0. The SMILES string of the molecule is Cn1nnnc1-c1cc(Br)cc([N+](=O)[O-])c1.Cn1nnnc1-c1cc(C2CC2)cc([N+](=O)[O-])c1.Cn1nnnc1-c1cc(N)cc(C2CC2)c1.Cn1nnnc1-c1cc(N)ccc1C1CC1.Cn1nnnc1-c1cc([N+](=O)[O-])ccc1Br.Cn1nnnc1-c1cc([N+](=O)[O-])ccc1C1CC1.O=C(O)c1cc(Br)cc([N+](=O)[O-])c1.O=C(O)c1cc([N+](=O)[O-])ccc1Br. The van der Waals surface area contributed by atoms with E-state index in [-0.39, 0.29) is 50.2 Å². The maximum Gasteiger partial charge on any atom is 0.337 e. The van der Waals surface area contributed by atoms with Crippen molar-refractivity contribution in [2.45, 2.75) is 75.0 Å². The molecule has 4 saturated carbocycles. The molecule has 0 spiro atoms. The van der Waals surface area contributed by atoms with Crippen LogP contribution in [0, 0.1) is 60.7 Å². The normalized spacial score (nSPS) is 12.7. The molecule has 52 heteroatoms. The fraction of sp³-hybridized carbons (Fsp3) is 0.243. The molecule has 0 atom stereocenters. The van der Waals surface area contributed by atoms with Crippen molar-refractivity contribution in [1.82, 2.24) is 121 Å². The smallest absolute Gasteiger partial charge is 0.337 e. The lowest BCUT2D eigenvalue weighted by molar-refractivity contribution is -0.385. The summed E-state index contributed by atoms with van der Waals surface area (Å²) in [6, 6.07) is 38.2. The largest absolute Gasteiger partial charge is 0.478 e. The molecule has 4 aliphatic carbocycles. The lowest BCUT2D eigenvalue weighted by Gasteiger charge is -2.07. The third-order valence-electron chi connectivity index (χ3n) is 18.8. The third kappa shape index (κ3) is 24.3. The van der Waals surface area contributed by atoms with Crippen LogP contribution in [0.4, 0.5) is 45.5 Å². The number of aromatic carboxylic acids is 2. The van der Waals surface area contributed by atoms with Gasteiger partial charge in [0.25, 0.3) is 34.1 Å². The molecule has 0 radical (unpaired) electrons. The van der Waals surface area contributed by atoms with E-state index in [4.69, 9.17) is 21.7 Å². The van der Waals surface area contributed by atoms with Gasteiger partial charge < -0.3 is 21.7 Å². The highest BCUT2D eigenvalue weighted by Crippen LogP contribution is 2.47. The van der Waals surface area contributed by atoms with Gasteiger partial charge in [-0.2, -0.15) is 0 Å². The maximum absolute atomic E-state index is 10.9. The minimum absolute atomic E-state index is 0.00111. The molecule has 4 fully saturated rings. The standard InChI is InChI=1S/2C11H11N5O2.2C11H13N5.2C8H6BrN5O2.2C7H4BrNO4/c1-15-11(12-13-14-15)9-4-8(7-2-3-7)5-10(6-9)16(17)18;1-15-11(12-13-14-15)10-6-8(16(17)18)4-5-9(10)7-2-3-7;1-16-11(13-14-15-16)9-4-8(7-2-3-7)5-10(12)6-9;1-16-11(13-14-15-16)10-6-8(12)4-5-9(10)7-2-3-7;1-13-8(10-11-12-13)5-2-6(9)4-7(3-5)14(15)16;1-13-8(10-11-12-13)6-4-5(14(15)16)2-3-7(6)9;8-5-1-4(7(10)11)2-6(3-5)9(12)13;8-6-2-1-4(9(12)13)3-5(6)7(10)11/h2*4-7H,2-3H2,1H3;2*4-7H,2-3,12H2,1H3;2*2-4H,1H3;2*1-3H,(H,10,11). The van der Waals surface area contributed by atoms with Gasteiger partial charge in [0.2, 0.25) is 0 Å². The average molecular weight is 1980 g/mol. The number of nitro benzene ring substituents is 6. The molecular formula is C74H68Br4N32O16. The number of carboxylic acid groups (broad SMARTS) is 2. The van der Waals surface area contributed by atoms with E-state index >= 15 is 0 Å². The predicted octanol–water partition coefficient (Wildman–Crippen LogP) is 13.2. The van der Waals surface area contributed by atoms with Gasteiger partial charge in [-0.05, 0) is 236 Å². The van der Waals surface area contributed by atoms with Gasteiger partial charge in [0.1, 0.15) is 0 Å². The quantitative estimate of drug-likeness (QED) is 0.0352. The van der Waals surface area contributed by atoms with Crippen molar-refractivity contribution in [3.8, 4) is 68.3 Å². The first kappa shape index (κ1) is 91.8. The van der Waals surface area contributed by atoms with Crippen molar-refractivity contribution in [3.05, 3.63) is 258 Å². The summed E-state index contributed by atoms with van der Waals surface area (Å²) in [7, 11) is 10.4. The van der Waals surface area contributed by atoms with Crippen LogP contribution in [-0.2, 0) is 42.3 Å². The highest BCUT2D eigenvalue weighted by atomic mass is 79.9. The van der Waals surface area contributed by atoms with E-state index in [0.717, 1.165) is 88.7 Å². The van der Waals surface area contributed by atoms with Gasteiger partial charge in [-0.15, -0.1) is 30.6 Å². The Morgan fingerprint density at radius 2 is 0.667 bits per heavy atom. The van der Waals surface area contributed by atoms with Gasteiger partial charge in [-0.1, -0.05) is 59.9 Å². The molecule has 0 bridgehead atoms. The number of aromatic nitrogens is 24. The monoisotopic (exact) mass is 1980 g/mol. The van der Waals surface area contributed by atoms with Crippen LogP contribution in [0.3, 0.4) is 0 Å². The number of nitrogens with zero attached hydrogens (tertiary/aromatic N) is 30. The van der Waals surface area contributed by atoms with Crippen LogP contribution in [0.2, 0.25) is 0 Å². The number of hydrogen-bond donors (Lipinski definition) is 4. The molecule has 126 heavy (non-hydrogen) atoms. The van der Waals surface area contributed by atoms with Crippen LogP contribution in [0.5, 0.6) is 0 Å². The Labute approximate surface area is 741 Å².